The number of rotatable bonds is 5. The minimum atomic E-state index is -0.196. The SMILES string of the molecule is CCC(C)=CCC[C@@H](C)[C@H]1CC[C@@]2(C)C34CCC5C(C)(C)C(=O)CC[C@]5(C)C3(CC[C@]12C)O4. The predicted octanol–water partition coefficient (Wildman–Crippen LogP) is 8.29. The molecule has 5 aliphatic rings. The first-order chi connectivity index (χ1) is 15.4. The van der Waals surface area contributed by atoms with Crippen LogP contribution in [0.25, 0.3) is 0 Å². The van der Waals surface area contributed by atoms with E-state index < -0.39 is 0 Å². The second-order valence-electron chi connectivity index (χ2n) is 14.3. The molecular formula is C31H50O2. The third kappa shape index (κ3) is 2.69. The second kappa shape index (κ2) is 7.21. The standard InChI is InChI=1S/C31H50O2/c1-9-21(2)11-10-12-22(3)23-13-17-29(8)27(23,6)19-20-30-28(7)16-15-25(32)26(4,5)24(28)14-18-31(29,30)33-30/h11,22-24H,9-10,12-20H2,1-8H3/t22-,23-,24?,27-,28+,29-,30?,31?/m1/s1. The molecule has 0 radical (unpaired) electrons. The van der Waals surface area contributed by atoms with E-state index in [0.717, 1.165) is 24.7 Å². The molecule has 0 aromatic heterocycles. The minimum Gasteiger partial charge on any atom is -0.361 e. The van der Waals surface area contributed by atoms with E-state index in [0.29, 0.717) is 17.1 Å². The summed E-state index contributed by atoms with van der Waals surface area (Å²) in [6, 6.07) is 0. The van der Waals surface area contributed by atoms with Gasteiger partial charge in [0.1, 0.15) is 17.0 Å². The highest BCUT2D eigenvalue weighted by atomic mass is 16.6. The molecular weight excluding hydrogens is 404 g/mol. The maximum atomic E-state index is 12.9. The molecule has 0 amide bonds. The molecule has 1 saturated heterocycles. The summed E-state index contributed by atoms with van der Waals surface area (Å²) in [5, 5.41) is 0. The lowest BCUT2D eigenvalue weighted by molar-refractivity contribution is -0.154. The number of ether oxygens (including phenoxy) is 1. The summed E-state index contributed by atoms with van der Waals surface area (Å²) >= 11 is 0. The van der Waals surface area contributed by atoms with Crippen LogP contribution in [0.5, 0.6) is 0 Å². The molecule has 186 valence electrons. The maximum Gasteiger partial charge on any atom is 0.138 e. The molecule has 5 fully saturated rings. The van der Waals surface area contributed by atoms with Crippen LogP contribution in [0.2, 0.25) is 0 Å². The van der Waals surface area contributed by atoms with Gasteiger partial charge >= 0.3 is 0 Å². The fraction of sp³-hybridized carbons (Fsp3) is 0.903. The van der Waals surface area contributed by atoms with Crippen LogP contribution in [-0.4, -0.2) is 17.0 Å². The summed E-state index contributed by atoms with van der Waals surface area (Å²) in [4.78, 5) is 12.9. The Morgan fingerprint density at radius 3 is 2.42 bits per heavy atom. The first-order valence-electron chi connectivity index (χ1n) is 14.2. The van der Waals surface area contributed by atoms with Gasteiger partial charge in [0.15, 0.2) is 0 Å². The Balaban J connectivity index is 1.43. The van der Waals surface area contributed by atoms with Crippen molar-refractivity contribution in [1.29, 1.82) is 0 Å². The molecule has 4 saturated carbocycles. The highest BCUT2D eigenvalue weighted by molar-refractivity contribution is 5.85. The smallest absolute Gasteiger partial charge is 0.138 e. The third-order valence-electron chi connectivity index (χ3n) is 13.2. The Bertz CT molecular complexity index is 870. The first kappa shape index (κ1) is 24.1. The number of hydrogen-bond acceptors (Lipinski definition) is 2. The molecule has 33 heavy (non-hydrogen) atoms. The van der Waals surface area contributed by atoms with Crippen molar-refractivity contribution in [2.24, 2.45) is 39.4 Å². The van der Waals surface area contributed by atoms with Crippen molar-refractivity contribution in [1.82, 2.24) is 0 Å². The van der Waals surface area contributed by atoms with E-state index >= 15 is 0 Å². The molecule has 5 rings (SSSR count). The summed E-state index contributed by atoms with van der Waals surface area (Å²) in [7, 11) is 0. The molecule has 3 unspecified atom stereocenters. The third-order valence-corrected chi connectivity index (χ3v) is 13.2. The maximum absolute atomic E-state index is 12.9. The highest BCUT2D eigenvalue weighted by Crippen LogP contribution is 2.86. The largest absolute Gasteiger partial charge is 0.361 e. The minimum absolute atomic E-state index is 0.0221. The van der Waals surface area contributed by atoms with E-state index in [1.54, 1.807) is 0 Å². The number of carbonyl (C=O) groups excluding carboxylic acids is 1. The summed E-state index contributed by atoms with van der Waals surface area (Å²) < 4.78 is 7.23. The summed E-state index contributed by atoms with van der Waals surface area (Å²) in [6.07, 6.45) is 15.6. The van der Waals surface area contributed by atoms with Gasteiger partial charge < -0.3 is 4.74 Å². The van der Waals surface area contributed by atoms with Crippen LogP contribution in [0, 0.1) is 39.4 Å². The van der Waals surface area contributed by atoms with E-state index in [1.807, 2.05) is 0 Å². The van der Waals surface area contributed by atoms with Crippen LogP contribution in [0.3, 0.4) is 0 Å². The second-order valence-corrected chi connectivity index (χ2v) is 14.3. The van der Waals surface area contributed by atoms with Crippen LogP contribution in [0.15, 0.2) is 11.6 Å². The van der Waals surface area contributed by atoms with Gasteiger partial charge in [-0.1, -0.05) is 60.1 Å². The van der Waals surface area contributed by atoms with Gasteiger partial charge in [-0.2, -0.15) is 0 Å². The fourth-order valence-corrected chi connectivity index (χ4v) is 10.7. The Hall–Kier alpha value is -0.630. The van der Waals surface area contributed by atoms with Crippen molar-refractivity contribution in [3.63, 3.8) is 0 Å². The van der Waals surface area contributed by atoms with E-state index in [2.05, 4.69) is 61.5 Å². The number of hydrogen-bond donors (Lipinski definition) is 0. The fourth-order valence-electron chi connectivity index (χ4n) is 10.7. The Labute approximate surface area is 203 Å². The molecule has 0 aromatic carbocycles. The number of ketones is 1. The van der Waals surface area contributed by atoms with E-state index in [1.165, 1.54) is 63.4 Å². The lowest BCUT2D eigenvalue weighted by atomic mass is 9.38. The van der Waals surface area contributed by atoms with Gasteiger partial charge in [0, 0.05) is 22.7 Å². The van der Waals surface area contributed by atoms with Crippen molar-refractivity contribution in [2.45, 2.75) is 137 Å². The van der Waals surface area contributed by atoms with Gasteiger partial charge in [0.2, 0.25) is 0 Å². The average Bonchev–Trinajstić information content (AvgIpc) is 3.40. The van der Waals surface area contributed by atoms with Crippen LogP contribution in [0.4, 0.5) is 0 Å². The van der Waals surface area contributed by atoms with Gasteiger partial charge in [0.05, 0.1) is 0 Å². The Morgan fingerprint density at radius 2 is 1.73 bits per heavy atom. The number of epoxide rings is 1. The Morgan fingerprint density at radius 1 is 1.00 bits per heavy atom. The van der Waals surface area contributed by atoms with Crippen LogP contribution < -0.4 is 0 Å². The topological polar surface area (TPSA) is 29.6 Å². The molecule has 4 aliphatic carbocycles. The van der Waals surface area contributed by atoms with E-state index in [9.17, 15) is 4.79 Å². The van der Waals surface area contributed by atoms with Crippen molar-refractivity contribution < 1.29 is 9.53 Å². The van der Waals surface area contributed by atoms with Gasteiger partial charge in [0.25, 0.3) is 0 Å². The van der Waals surface area contributed by atoms with Crippen LogP contribution in [0.1, 0.15) is 126 Å². The van der Waals surface area contributed by atoms with Crippen LogP contribution in [-0.2, 0) is 9.53 Å². The molecule has 0 bridgehead atoms. The molecule has 0 aromatic rings. The molecule has 2 nitrogen and oxygen atoms in total. The summed E-state index contributed by atoms with van der Waals surface area (Å²) in [5.41, 5.74) is 2.22. The van der Waals surface area contributed by atoms with Gasteiger partial charge in [-0.05, 0) is 94.3 Å². The number of Topliss-reactive ketones (excluding diaryl/α,β-unsaturated/α-hetero) is 1. The van der Waals surface area contributed by atoms with Crippen molar-refractivity contribution in [2.75, 3.05) is 0 Å². The van der Waals surface area contributed by atoms with Gasteiger partial charge in [-0.3, -0.25) is 4.79 Å². The van der Waals surface area contributed by atoms with Crippen molar-refractivity contribution >= 4 is 5.78 Å². The Kier molecular flexibility index (Phi) is 5.26. The molecule has 2 heteroatoms. The number of carbonyl (C=O) groups is 1. The lowest BCUT2D eigenvalue weighted by Crippen LogP contribution is -2.65. The monoisotopic (exact) mass is 454 g/mol. The zero-order valence-electron chi connectivity index (χ0n) is 22.9. The van der Waals surface area contributed by atoms with Crippen molar-refractivity contribution in [3.05, 3.63) is 11.6 Å². The highest BCUT2D eigenvalue weighted by Gasteiger charge is 2.90. The normalized spacial score (nSPS) is 51.3. The van der Waals surface area contributed by atoms with Gasteiger partial charge in [-0.25, -0.2) is 0 Å². The molecule has 0 spiro atoms. The first-order valence-corrected chi connectivity index (χ1v) is 14.2. The number of allylic oxidation sites excluding steroid dienone is 2. The van der Waals surface area contributed by atoms with E-state index in [-0.39, 0.29) is 27.4 Å². The van der Waals surface area contributed by atoms with Crippen molar-refractivity contribution in [3.8, 4) is 0 Å². The predicted molar refractivity (Wildman–Crippen MR) is 136 cm³/mol. The summed E-state index contributed by atoms with van der Waals surface area (Å²) in [6.45, 7) is 19.4. The zero-order valence-corrected chi connectivity index (χ0v) is 22.9. The number of fused-ring (bicyclic) bond motifs is 2. The average molecular weight is 455 g/mol. The molecule has 1 aliphatic heterocycles. The molecule has 1 heterocycles. The van der Waals surface area contributed by atoms with Gasteiger partial charge in [-0.15, -0.1) is 0 Å². The van der Waals surface area contributed by atoms with E-state index in [4.69, 9.17) is 4.74 Å². The molecule has 0 N–H and O–H groups in total. The summed E-state index contributed by atoms with van der Waals surface area (Å²) in [5.74, 6) is 2.55. The molecule has 8 atom stereocenters. The quantitative estimate of drug-likeness (QED) is 0.309. The lowest BCUT2D eigenvalue weighted by Gasteiger charge is -2.62. The van der Waals surface area contributed by atoms with Crippen LogP contribution >= 0.6 is 0 Å². The zero-order chi connectivity index (χ0) is 24.1.